The minimum atomic E-state index is -1.21. The Bertz CT molecular complexity index is 764. The van der Waals surface area contributed by atoms with Crippen molar-refractivity contribution in [2.24, 2.45) is 10.9 Å². The van der Waals surface area contributed by atoms with Crippen molar-refractivity contribution >= 4 is 29.7 Å². The summed E-state index contributed by atoms with van der Waals surface area (Å²) in [5.74, 6) is -1.49. The molecule has 1 saturated carbocycles. The average Bonchev–Trinajstić information content (AvgIpc) is 2.87. The van der Waals surface area contributed by atoms with Crippen LogP contribution in [-0.4, -0.2) is 40.5 Å². The lowest BCUT2D eigenvalue weighted by Crippen LogP contribution is -2.34. The Morgan fingerprint density at radius 2 is 1.75 bits per heavy atom. The van der Waals surface area contributed by atoms with Crippen molar-refractivity contribution in [2.75, 3.05) is 6.54 Å². The van der Waals surface area contributed by atoms with Gasteiger partial charge in [-0.15, -0.1) is 0 Å². The van der Waals surface area contributed by atoms with Gasteiger partial charge in [-0.2, -0.15) is 0 Å². The third kappa shape index (κ3) is 5.06. The molecule has 0 unspecified atom stereocenters. The summed E-state index contributed by atoms with van der Waals surface area (Å²) in [5, 5.41) is 8.86. The zero-order valence-electron chi connectivity index (χ0n) is 16.2. The first-order chi connectivity index (χ1) is 13.6. The first-order valence-electron chi connectivity index (χ1n) is 10.3. The number of carbonyl (C=O) groups is 3. The summed E-state index contributed by atoms with van der Waals surface area (Å²) in [6.07, 6.45) is 14.7. The summed E-state index contributed by atoms with van der Waals surface area (Å²) in [6.45, 7) is -0.619. The van der Waals surface area contributed by atoms with Gasteiger partial charge < -0.3 is 5.11 Å². The molecule has 1 aliphatic carbocycles. The van der Waals surface area contributed by atoms with Crippen molar-refractivity contribution in [1.82, 2.24) is 4.90 Å². The normalized spacial score (nSPS) is 18.4. The fourth-order valence-corrected chi connectivity index (χ4v) is 4.14. The van der Waals surface area contributed by atoms with Gasteiger partial charge in [-0.25, -0.2) is 0 Å². The highest BCUT2D eigenvalue weighted by Gasteiger charge is 2.36. The van der Waals surface area contributed by atoms with Crippen molar-refractivity contribution < 1.29 is 19.5 Å². The Kier molecular flexibility index (Phi) is 6.95. The molecule has 3 rings (SSSR count). The number of rotatable bonds is 7. The van der Waals surface area contributed by atoms with E-state index >= 15 is 0 Å². The van der Waals surface area contributed by atoms with E-state index < -0.39 is 24.3 Å². The molecule has 2 aliphatic rings. The molecule has 0 radical (unpaired) electrons. The van der Waals surface area contributed by atoms with E-state index in [2.05, 4.69) is 4.99 Å². The molecule has 0 saturated heterocycles. The second kappa shape index (κ2) is 9.62. The number of benzene rings is 1. The number of aliphatic carboxylic acids is 1. The molecule has 6 heteroatoms. The molecule has 1 N–H and O–H groups in total. The molecule has 28 heavy (non-hydrogen) atoms. The number of carbonyl (C=O) groups excluding carboxylic acids is 2. The van der Waals surface area contributed by atoms with Gasteiger partial charge in [0.15, 0.2) is 0 Å². The van der Waals surface area contributed by atoms with Crippen molar-refractivity contribution in [1.29, 1.82) is 0 Å². The van der Waals surface area contributed by atoms with Gasteiger partial charge in [-0.1, -0.05) is 51.4 Å². The smallest absolute Gasteiger partial charge is 0.323 e. The fourth-order valence-electron chi connectivity index (χ4n) is 4.14. The van der Waals surface area contributed by atoms with Gasteiger partial charge in [0.1, 0.15) is 6.54 Å². The molecule has 0 bridgehead atoms. The summed E-state index contributed by atoms with van der Waals surface area (Å²) < 4.78 is 0. The third-order valence-corrected chi connectivity index (χ3v) is 5.66. The van der Waals surface area contributed by atoms with E-state index in [9.17, 15) is 14.4 Å². The van der Waals surface area contributed by atoms with Crippen LogP contribution in [0.3, 0.4) is 0 Å². The highest BCUT2D eigenvalue weighted by Crippen LogP contribution is 2.28. The number of hydrogen-bond donors (Lipinski definition) is 1. The average molecular weight is 384 g/mol. The number of hydrogen-bond acceptors (Lipinski definition) is 4. The maximum Gasteiger partial charge on any atom is 0.323 e. The Morgan fingerprint density at radius 3 is 2.46 bits per heavy atom. The van der Waals surface area contributed by atoms with Crippen LogP contribution in [0, 0.1) is 5.92 Å². The van der Waals surface area contributed by atoms with Gasteiger partial charge in [0.05, 0.1) is 16.8 Å². The van der Waals surface area contributed by atoms with Crippen LogP contribution in [0.5, 0.6) is 0 Å². The van der Waals surface area contributed by atoms with E-state index in [0.29, 0.717) is 5.69 Å². The summed E-state index contributed by atoms with van der Waals surface area (Å²) in [5.41, 5.74) is 1.09. The largest absolute Gasteiger partial charge is 0.480 e. The molecule has 0 aromatic heterocycles. The summed E-state index contributed by atoms with van der Waals surface area (Å²) >= 11 is 0. The van der Waals surface area contributed by atoms with Crippen LogP contribution in [0.2, 0.25) is 0 Å². The molecule has 6 nitrogen and oxygen atoms in total. The highest BCUT2D eigenvalue weighted by molar-refractivity contribution is 6.22. The Morgan fingerprint density at radius 1 is 1.07 bits per heavy atom. The zero-order valence-corrected chi connectivity index (χ0v) is 16.2. The van der Waals surface area contributed by atoms with E-state index in [1.165, 1.54) is 51.4 Å². The van der Waals surface area contributed by atoms with Crippen molar-refractivity contribution in [3.05, 3.63) is 29.3 Å². The van der Waals surface area contributed by atoms with Crippen molar-refractivity contribution in [3.8, 4) is 0 Å². The van der Waals surface area contributed by atoms with E-state index in [0.717, 1.165) is 23.7 Å². The van der Waals surface area contributed by atoms with Crippen molar-refractivity contribution in [2.45, 2.75) is 64.2 Å². The molecule has 0 spiro atoms. The number of nitrogens with zero attached hydrogens (tertiary/aromatic N) is 2. The monoisotopic (exact) mass is 384 g/mol. The molecule has 150 valence electrons. The van der Waals surface area contributed by atoms with Crippen LogP contribution in [0.1, 0.15) is 84.9 Å². The second-order valence-corrected chi connectivity index (χ2v) is 7.77. The van der Waals surface area contributed by atoms with Crippen LogP contribution in [0.15, 0.2) is 23.2 Å². The fraction of sp³-hybridized carbons (Fsp3) is 0.545. The van der Waals surface area contributed by atoms with Gasteiger partial charge >= 0.3 is 5.97 Å². The Labute approximate surface area is 165 Å². The highest BCUT2D eigenvalue weighted by atomic mass is 16.4. The van der Waals surface area contributed by atoms with E-state index in [1.54, 1.807) is 18.2 Å². The summed E-state index contributed by atoms with van der Waals surface area (Å²) in [7, 11) is 0. The number of carboxylic acids is 1. The van der Waals surface area contributed by atoms with Crippen LogP contribution in [-0.2, 0) is 4.79 Å². The SMILES string of the molecule is O=C(O)CN1C(=O)c2ccc(N=CCCCC3CCCCCCC3)cc2C1=O. The van der Waals surface area contributed by atoms with E-state index in [1.807, 2.05) is 6.21 Å². The number of amides is 2. The predicted octanol–water partition coefficient (Wildman–Crippen LogP) is 4.60. The van der Waals surface area contributed by atoms with E-state index in [-0.39, 0.29) is 11.1 Å². The molecular weight excluding hydrogens is 356 g/mol. The lowest BCUT2D eigenvalue weighted by atomic mass is 9.88. The van der Waals surface area contributed by atoms with Crippen LogP contribution < -0.4 is 0 Å². The minimum Gasteiger partial charge on any atom is -0.480 e. The quantitative estimate of drug-likeness (QED) is 0.423. The van der Waals surface area contributed by atoms with Crippen LogP contribution in [0.25, 0.3) is 0 Å². The molecule has 1 aromatic carbocycles. The van der Waals surface area contributed by atoms with Gasteiger partial charge in [0, 0.05) is 6.21 Å². The zero-order chi connectivity index (χ0) is 19.9. The molecule has 1 aliphatic heterocycles. The van der Waals surface area contributed by atoms with Gasteiger partial charge in [-0.05, 0) is 37.0 Å². The predicted molar refractivity (Wildman–Crippen MR) is 107 cm³/mol. The lowest BCUT2D eigenvalue weighted by molar-refractivity contribution is -0.137. The molecular formula is C22H28N2O4. The number of unbranched alkanes of at least 4 members (excludes halogenated alkanes) is 1. The first kappa shape index (κ1) is 20.2. The summed E-state index contributed by atoms with van der Waals surface area (Å²) in [6, 6.07) is 4.82. The molecule has 0 atom stereocenters. The first-order valence-corrected chi connectivity index (χ1v) is 10.3. The topological polar surface area (TPSA) is 87.0 Å². The number of aliphatic imine (C=N–C) groups is 1. The Balaban J connectivity index is 1.52. The second-order valence-electron chi connectivity index (χ2n) is 7.77. The maximum atomic E-state index is 12.3. The lowest BCUT2D eigenvalue weighted by Gasteiger charge is -2.18. The van der Waals surface area contributed by atoms with Gasteiger partial charge in [0.2, 0.25) is 0 Å². The standard InChI is InChI=1S/C22H28N2O4/c25-20(26)15-24-21(27)18-12-11-17(14-19(18)22(24)28)23-13-7-6-10-16-8-4-2-1-3-5-9-16/h11-14,16H,1-10,15H2,(H,25,26). The maximum absolute atomic E-state index is 12.3. The van der Waals surface area contributed by atoms with Crippen molar-refractivity contribution in [3.63, 3.8) is 0 Å². The minimum absolute atomic E-state index is 0.232. The Hall–Kier alpha value is -2.50. The molecule has 1 aromatic rings. The van der Waals surface area contributed by atoms with Gasteiger partial charge in [-0.3, -0.25) is 24.3 Å². The molecule has 1 fully saturated rings. The number of carboxylic acid groups (broad SMARTS) is 1. The molecule has 2 amide bonds. The third-order valence-electron chi connectivity index (χ3n) is 5.66. The van der Waals surface area contributed by atoms with Gasteiger partial charge in [0.25, 0.3) is 11.8 Å². The summed E-state index contributed by atoms with van der Waals surface area (Å²) in [4.78, 5) is 40.5. The van der Waals surface area contributed by atoms with E-state index in [4.69, 9.17) is 5.11 Å². The number of fused-ring (bicyclic) bond motifs is 1. The van der Waals surface area contributed by atoms with Crippen LogP contribution in [0.4, 0.5) is 5.69 Å². The number of imide groups is 1. The molecule has 1 heterocycles. The van der Waals surface area contributed by atoms with Crippen LogP contribution >= 0.6 is 0 Å².